The molecule has 0 saturated heterocycles. The topological polar surface area (TPSA) is 66.1 Å². The predicted octanol–water partition coefficient (Wildman–Crippen LogP) is 2.16. The van der Waals surface area contributed by atoms with E-state index in [1.165, 1.54) is 7.11 Å². The highest BCUT2D eigenvalue weighted by molar-refractivity contribution is 5.63. The van der Waals surface area contributed by atoms with E-state index in [0.717, 1.165) is 16.8 Å². The van der Waals surface area contributed by atoms with Crippen molar-refractivity contribution in [3.63, 3.8) is 0 Å². The van der Waals surface area contributed by atoms with Crippen molar-refractivity contribution >= 4 is 0 Å². The van der Waals surface area contributed by atoms with Crippen LogP contribution in [0.1, 0.15) is 11.1 Å². The van der Waals surface area contributed by atoms with E-state index < -0.39 is 0 Å². The van der Waals surface area contributed by atoms with E-state index in [0.29, 0.717) is 17.9 Å². The normalized spacial score (nSPS) is 9.95. The fourth-order valence-corrected chi connectivity index (χ4v) is 1.91. The molecule has 96 valence electrons. The largest absolute Gasteiger partial charge is 0.480 e. The third-order valence-electron chi connectivity index (χ3n) is 2.82. The molecule has 0 saturated carbocycles. The van der Waals surface area contributed by atoms with Crippen molar-refractivity contribution in [2.45, 2.75) is 6.42 Å². The van der Waals surface area contributed by atoms with Crippen LogP contribution in [0.15, 0.2) is 36.4 Å². The number of hydrogen-bond donors (Lipinski definition) is 1. The van der Waals surface area contributed by atoms with Crippen LogP contribution >= 0.6 is 0 Å². The molecule has 19 heavy (non-hydrogen) atoms. The number of hydrogen-bond acceptors (Lipinski definition) is 4. The van der Waals surface area contributed by atoms with Gasteiger partial charge in [0.15, 0.2) is 0 Å². The number of aliphatic hydroxyl groups excluding tert-OH is 1. The molecule has 1 aromatic heterocycles. The molecule has 1 aromatic carbocycles. The van der Waals surface area contributed by atoms with E-state index in [9.17, 15) is 0 Å². The molecule has 0 aliphatic heterocycles. The second-order valence-corrected chi connectivity index (χ2v) is 4.00. The Morgan fingerprint density at radius 1 is 1.32 bits per heavy atom. The third kappa shape index (κ3) is 2.72. The lowest BCUT2D eigenvalue weighted by molar-refractivity contribution is 0.299. The van der Waals surface area contributed by atoms with E-state index in [1.54, 1.807) is 0 Å². The van der Waals surface area contributed by atoms with Gasteiger partial charge in [-0.05, 0) is 18.1 Å². The number of nitrogens with zero attached hydrogens (tertiary/aromatic N) is 2. The van der Waals surface area contributed by atoms with Gasteiger partial charge in [0.25, 0.3) is 0 Å². The predicted molar refractivity (Wildman–Crippen MR) is 71.7 cm³/mol. The van der Waals surface area contributed by atoms with Crippen LogP contribution in [0.25, 0.3) is 11.3 Å². The van der Waals surface area contributed by atoms with Crippen molar-refractivity contribution in [1.29, 1.82) is 5.26 Å². The average molecular weight is 254 g/mol. The highest BCUT2D eigenvalue weighted by atomic mass is 16.5. The zero-order valence-electron chi connectivity index (χ0n) is 10.6. The fraction of sp³-hybridized carbons (Fsp3) is 0.200. The van der Waals surface area contributed by atoms with Gasteiger partial charge >= 0.3 is 0 Å². The molecule has 4 heteroatoms. The summed E-state index contributed by atoms with van der Waals surface area (Å²) >= 11 is 0. The molecule has 0 fully saturated rings. The highest BCUT2D eigenvalue weighted by Crippen LogP contribution is 2.26. The molecule has 2 aromatic rings. The number of benzene rings is 1. The molecule has 0 unspecified atom stereocenters. The van der Waals surface area contributed by atoms with Gasteiger partial charge in [0.1, 0.15) is 11.6 Å². The summed E-state index contributed by atoms with van der Waals surface area (Å²) in [6.45, 7) is -0.0178. The van der Waals surface area contributed by atoms with Gasteiger partial charge in [-0.25, -0.2) is 4.98 Å². The van der Waals surface area contributed by atoms with Gasteiger partial charge in [0.2, 0.25) is 5.88 Å². The lowest BCUT2D eigenvalue weighted by Crippen LogP contribution is -2.02. The van der Waals surface area contributed by atoms with Gasteiger partial charge in [-0.1, -0.05) is 30.3 Å². The van der Waals surface area contributed by atoms with Gasteiger partial charge < -0.3 is 9.84 Å². The quantitative estimate of drug-likeness (QED) is 0.908. The Balaban J connectivity index is 2.58. The number of methoxy groups -OCH3 is 1. The minimum Gasteiger partial charge on any atom is -0.480 e. The molecule has 0 atom stereocenters. The third-order valence-corrected chi connectivity index (χ3v) is 2.82. The number of rotatable bonds is 4. The summed E-state index contributed by atoms with van der Waals surface area (Å²) in [6, 6.07) is 13.6. The summed E-state index contributed by atoms with van der Waals surface area (Å²) in [7, 11) is 1.49. The smallest absolute Gasteiger partial charge is 0.232 e. The molecule has 4 nitrogen and oxygen atoms in total. The van der Waals surface area contributed by atoms with Crippen molar-refractivity contribution in [2.75, 3.05) is 13.7 Å². The summed E-state index contributed by atoms with van der Waals surface area (Å²) < 4.78 is 5.17. The Morgan fingerprint density at radius 2 is 2.05 bits per heavy atom. The van der Waals surface area contributed by atoms with Crippen LogP contribution in [0, 0.1) is 11.3 Å². The van der Waals surface area contributed by atoms with Crippen LogP contribution in [0.5, 0.6) is 5.88 Å². The zero-order valence-corrected chi connectivity index (χ0v) is 10.6. The number of pyridine rings is 1. The summed E-state index contributed by atoms with van der Waals surface area (Å²) in [5.41, 5.74) is 2.82. The Hall–Kier alpha value is -2.38. The molecule has 0 radical (unpaired) electrons. The van der Waals surface area contributed by atoms with E-state index in [-0.39, 0.29) is 6.61 Å². The summed E-state index contributed by atoms with van der Waals surface area (Å²) in [4.78, 5) is 4.35. The van der Waals surface area contributed by atoms with Crippen LogP contribution in [-0.4, -0.2) is 23.8 Å². The average Bonchev–Trinajstić information content (AvgIpc) is 2.47. The van der Waals surface area contributed by atoms with Crippen LogP contribution in [0.3, 0.4) is 0 Å². The molecule has 0 aliphatic carbocycles. The minimum atomic E-state index is -0.0178. The van der Waals surface area contributed by atoms with Crippen LogP contribution in [0.4, 0.5) is 0 Å². The van der Waals surface area contributed by atoms with Gasteiger partial charge in [-0.3, -0.25) is 0 Å². The Morgan fingerprint density at radius 3 is 2.63 bits per heavy atom. The van der Waals surface area contributed by atoms with Crippen molar-refractivity contribution in [2.24, 2.45) is 0 Å². The molecule has 2 rings (SSSR count). The van der Waals surface area contributed by atoms with Crippen molar-refractivity contribution < 1.29 is 9.84 Å². The molecular formula is C15H14N2O2. The van der Waals surface area contributed by atoms with Gasteiger partial charge in [0, 0.05) is 12.2 Å². The minimum absolute atomic E-state index is 0.0178. The van der Waals surface area contributed by atoms with Crippen LogP contribution in [0.2, 0.25) is 0 Å². The molecule has 0 amide bonds. The number of ether oxygens (including phenoxy) is 1. The molecule has 1 heterocycles. The Bertz CT molecular complexity index is 604. The molecular weight excluding hydrogens is 240 g/mol. The number of nitriles is 1. The summed E-state index contributed by atoms with van der Waals surface area (Å²) in [5, 5.41) is 18.3. The summed E-state index contributed by atoms with van der Waals surface area (Å²) in [6.07, 6.45) is 0.404. The second-order valence-electron chi connectivity index (χ2n) is 4.00. The second kappa shape index (κ2) is 5.98. The van der Waals surface area contributed by atoms with Gasteiger partial charge in [0.05, 0.1) is 12.8 Å². The van der Waals surface area contributed by atoms with E-state index in [2.05, 4.69) is 11.1 Å². The zero-order chi connectivity index (χ0) is 13.7. The van der Waals surface area contributed by atoms with E-state index in [1.807, 2.05) is 36.4 Å². The van der Waals surface area contributed by atoms with Crippen LogP contribution < -0.4 is 4.74 Å². The maximum absolute atomic E-state index is 9.17. The Labute approximate surface area is 111 Å². The first-order valence-electron chi connectivity index (χ1n) is 5.94. The molecule has 0 bridgehead atoms. The van der Waals surface area contributed by atoms with Crippen LogP contribution in [-0.2, 0) is 6.42 Å². The first-order chi connectivity index (χ1) is 9.30. The molecule has 1 N–H and O–H groups in total. The lowest BCUT2D eigenvalue weighted by atomic mass is 10.0. The Kier molecular flexibility index (Phi) is 4.11. The van der Waals surface area contributed by atoms with Crippen molar-refractivity contribution in [3.8, 4) is 23.2 Å². The van der Waals surface area contributed by atoms with E-state index in [4.69, 9.17) is 15.1 Å². The maximum Gasteiger partial charge on any atom is 0.232 e. The SMILES string of the molecule is COc1nc(-c2ccccc2)cc(CCO)c1C#N. The van der Waals surface area contributed by atoms with Crippen molar-refractivity contribution in [3.05, 3.63) is 47.5 Å². The molecule has 0 spiro atoms. The van der Waals surface area contributed by atoms with Gasteiger partial charge in [-0.15, -0.1) is 0 Å². The fourth-order valence-electron chi connectivity index (χ4n) is 1.91. The maximum atomic E-state index is 9.17. The monoisotopic (exact) mass is 254 g/mol. The lowest BCUT2D eigenvalue weighted by Gasteiger charge is -2.10. The van der Waals surface area contributed by atoms with Gasteiger partial charge in [-0.2, -0.15) is 5.26 Å². The number of aromatic nitrogens is 1. The first-order valence-corrected chi connectivity index (χ1v) is 5.94. The first kappa shape index (κ1) is 13.1. The van der Waals surface area contributed by atoms with E-state index >= 15 is 0 Å². The van der Waals surface area contributed by atoms with Crippen molar-refractivity contribution in [1.82, 2.24) is 4.98 Å². The highest BCUT2D eigenvalue weighted by Gasteiger charge is 2.13. The number of aliphatic hydroxyl groups is 1. The molecule has 0 aliphatic rings. The standard InChI is InChI=1S/C15H14N2O2/c1-19-15-13(10-16)12(7-8-18)9-14(17-15)11-5-3-2-4-6-11/h2-6,9,18H,7-8H2,1H3. The summed E-state index contributed by atoms with van der Waals surface area (Å²) in [5.74, 6) is 0.298.